The summed E-state index contributed by atoms with van der Waals surface area (Å²) in [6.45, 7) is 5.82. The number of carbonyl (C=O) groups is 1. The van der Waals surface area contributed by atoms with Gasteiger partial charge in [-0.15, -0.1) is 0 Å². The Morgan fingerprint density at radius 2 is 2.29 bits per heavy atom. The van der Waals surface area contributed by atoms with Crippen LogP contribution in [0.4, 0.5) is 4.39 Å². The zero-order chi connectivity index (χ0) is 12.4. The number of benzene rings is 1. The zero-order valence-electron chi connectivity index (χ0n) is 10.2. The molecule has 1 aromatic carbocycles. The van der Waals surface area contributed by atoms with E-state index in [1.54, 1.807) is 6.07 Å². The Bertz CT molecular complexity index is 433. The summed E-state index contributed by atoms with van der Waals surface area (Å²) in [4.78, 5) is 13.7. The highest BCUT2D eigenvalue weighted by molar-refractivity contribution is 5.82. The SMILES string of the molecule is Cc1cc(F)ccc1CN1CCNC(C)C1=O. The summed E-state index contributed by atoms with van der Waals surface area (Å²) in [5.74, 6) is -0.119. The third-order valence-electron chi connectivity index (χ3n) is 3.18. The first-order valence-corrected chi connectivity index (χ1v) is 5.85. The molecule has 0 aromatic heterocycles. The van der Waals surface area contributed by atoms with E-state index in [9.17, 15) is 9.18 Å². The minimum absolute atomic E-state index is 0.111. The molecule has 1 N–H and O–H groups in total. The van der Waals surface area contributed by atoms with Crippen LogP contribution in [0.15, 0.2) is 18.2 Å². The number of rotatable bonds is 2. The van der Waals surface area contributed by atoms with Crippen molar-refractivity contribution in [3.05, 3.63) is 35.1 Å². The molecule has 1 aromatic rings. The van der Waals surface area contributed by atoms with Gasteiger partial charge < -0.3 is 10.2 Å². The fraction of sp³-hybridized carbons (Fsp3) is 0.462. The summed E-state index contributed by atoms with van der Waals surface area (Å²) in [5.41, 5.74) is 1.90. The lowest BCUT2D eigenvalue weighted by atomic mass is 10.1. The third-order valence-corrected chi connectivity index (χ3v) is 3.18. The second kappa shape index (κ2) is 4.84. The second-order valence-corrected chi connectivity index (χ2v) is 4.51. The lowest BCUT2D eigenvalue weighted by molar-refractivity contribution is -0.135. The van der Waals surface area contributed by atoms with Crippen LogP contribution >= 0.6 is 0 Å². The van der Waals surface area contributed by atoms with Gasteiger partial charge in [0.15, 0.2) is 0 Å². The van der Waals surface area contributed by atoms with Crippen LogP contribution in [0.25, 0.3) is 0 Å². The number of halogens is 1. The van der Waals surface area contributed by atoms with Gasteiger partial charge in [-0.3, -0.25) is 4.79 Å². The highest BCUT2D eigenvalue weighted by atomic mass is 19.1. The highest BCUT2D eigenvalue weighted by Gasteiger charge is 2.24. The maximum absolute atomic E-state index is 13.0. The summed E-state index contributed by atoms with van der Waals surface area (Å²) < 4.78 is 13.0. The Kier molecular flexibility index (Phi) is 3.43. The lowest BCUT2D eigenvalue weighted by Crippen LogP contribution is -2.53. The zero-order valence-corrected chi connectivity index (χ0v) is 10.2. The predicted octanol–water partition coefficient (Wildman–Crippen LogP) is 1.45. The largest absolute Gasteiger partial charge is 0.336 e. The molecule has 0 saturated carbocycles. The van der Waals surface area contributed by atoms with E-state index < -0.39 is 0 Å². The van der Waals surface area contributed by atoms with E-state index in [0.717, 1.165) is 17.7 Å². The van der Waals surface area contributed by atoms with Crippen molar-refractivity contribution >= 4 is 5.91 Å². The molecule has 1 aliphatic heterocycles. The van der Waals surface area contributed by atoms with Crippen molar-refractivity contribution in [1.29, 1.82) is 0 Å². The van der Waals surface area contributed by atoms with Gasteiger partial charge in [0.2, 0.25) is 5.91 Å². The van der Waals surface area contributed by atoms with E-state index in [2.05, 4.69) is 5.32 Å². The van der Waals surface area contributed by atoms with E-state index in [0.29, 0.717) is 13.1 Å². The smallest absolute Gasteiger partial charge is 0.239 e. The summed E-state index contributed by atoms with van der Waals surface area (Å²) in [6.07, 6.45) is 0. The number of hydrogen-bond acceptors (Lipinski definition) is 2. The molecule has 1 saturated heterocycles. The van der Waals surface area contributed by atoms with Gasteiger partial charge in [0.1, 0.15) is 5.82 Å². The molecule has 1 aliphatic rings. The predicted molar refractivity (Wildman–Crippen MR) is 64.0 cm³/mol. The number of piperazine rings is 1. The molecule has 1 fully saturated rings. The summed E-state index contributed by atoms with van der Waals surface area (Å²) in [5, 5.41) is 3.12. The first-order chi connectivity index (χ1) is 8.08. The van der Waals surface area contributed by atoms with Gasteiger partial charge in [-0.05, 0) is 37.1 Å². The van der Waals surface area contributed by atoms with E-state index in [1.807, 2.05) is 18.7 Å². The fourth-order valence-corrected chi connectivity index (χ4v) is 2.09. The van der Waals surface area contributed by atoms with Crippen molar-refractivity contribution in [2.75, 3.05) is 13.1 Å². The summed E-state index contributed by atoms with van der Waals surface area (Å²) in [6, 6.07) is 4.58. The summed E-state index contributed by atoms with van der Waals surface area (Å²) >= 11 is 0. The maximum Gasteiger partial charge on any atom is 0.239 e. The van der Waals surface area contributed by atoms with Gasteiger partial charge in [0.25, 0.3) is 0 Å². The van der Waals surface area contributed by atoms with Crippen LogP contribution in [0, 0.1) is 12.7 Å². The van der Waals surface area contributed by atoms with Crippen LogP contribution in [0.2, 0.25) is 0 Å². The highest BCUT2D eigenvalue weighted by Crippen LogP contribution is 2.14. The first-order valence-electron chi connectivity index (χ1n) is 5.85. The second-order valence-electron chi connectivity index (χ2n) is 4.51. The van der Waals surface area contributed by atoms with Crippen LogP contribution in [-0.2, 0) is 11.3 Å². The molecule has 1 amide bonds. The number of carbonyl (C=O) groups excluding carboxylic acids is 1. The van der Waals surface area contributed by atoms with Crippen molar-refractivity contribution in [3.8, 4) is 0 Å². The molecule has 0 spiro atoms. The van der Waals surface area contributed by atoms with E-state index in [1.165, 1.54) is 12.1 Å². The Morgan fingerprint density at radius 3 is 3.00 bits per heavy atom. The standard InChI is InChI=1S/C13H17FN2O/c1-9-7-12(14)4-3-11(9)8-16-6-5-15-10(2)13(16)17/h3-4,7,10,15H,5-6,8H2,1-2H3. The molecular weight excluding hydrogens is 219 g/mol. The van der Waals surface area contributed by atoms with Crippen molar-refractivity contribution in [1.82, 2.24) is 10.2 Å². The van der Waals surface area contributed by atoms with Gasteiger partial charge in [-0.2, -0.15) is 0 Å². The van der Waals surface area contributed by atoms with Crippen molar-refractivity contribution in [3.63, 3.8) is 0 Å². The Balaban J connectivity index is 2.12. The molecular formula is C13H17FN2O. The third kappa shape index (κ3) is 2.64. The lowest BCUT2D eigenvalue weighted by Gasteiger charge is -2.31. The van der Waals surface area contributed by atoms with Crippen LogP contribution in [0.5, 0.6) is 0 Å². The van der Waals surface area contributed by atoms with Gasteiger partial charge in [0.05, 0.1) is 6.04 Å². The van der Waals surface area contributed by atoms with Crippen LogP contribution < -0.4 is 5.32 Å². The van der Waals surface area contributed by atoms with Gasteiger partial charge in [-0.1, -0.05) is 6.07 Å². The number of amides is 1. The quantitative estimate of drug-likeness (QED) is 0.843. The van der Waals surface area contributed by atoms with Crippen LogP contribution in [0.1, 0.15) is 18.1 Å². The molecule has 2 rings (SSSR count). The summed E-state index contributed by atoms with van der Waals surface area (Å²) in [7, 11) is 0. The molecule has 0 aliphatic carbocycles. The average Bonchev–Trinajstić information content (AvgIpc) is 2.28. The van der Waals surface area contributed by atoms with Crippen molar-refractivity contribution in [2.24, 2.45) is 0 Å². The monoisotopic (exact) mass is 236 g/mol. The molecule has 17 heavy (non-hydrogen) atoms. The molecule has 1 unspecified atom stereocenters. The van der Waals surface area contributed by atoms with E-state index in [-0.39, 0.29) is 17.8 Å². The van der Waals surface area contributed by atoms with Gasteiger partial charge in [-0.25, -0.2) is 4.39 Å². The normalized spacial score (nSPS) is 20.8. The average molecular weight is 236 g/mol. The van der Waals surface area contributed by atoms with Gasteiger partial charge >= 0.3 is 0 Å². The number of nitrogens with zero attached hydrogens (tertiary/aromatic N) is 1. The maximum atomic E-state index is 13.0. The molecule has 3 nitrogen and oxygen atoms in total. The van der Waals surface area contributed by atoms with Crippen LogP contribution in [0.3, 0.4) is 0 Å². The molecule has 1 atom stereocenters. The van der Waals surface area contributed by atoms with E-state index >= 15 is 0 Å². The molecule has 0 bridgehead atoms. The Labute approximate surface area is 101 Å². The number of hydrogen-bond donors (Lipinski definition) is 1. The van der Waals surface area contributed by atoms with Crippen molar-refractivity contribution in [2.45, 2.75) is 26.4 Å². The van der Waals surface area contributed by atoms with E-state index in [4.69, 9.17) is 0 Å². The molecule has 4 heteroatoms. The molecule has 0 radical (unpaired) electrons. The van der Waals surface area contributed by atoms with Crippen LogP contribution in [-0.4, -0.2) is 29.9 Å². The van der Waals surface area contributed by atoms with Crippen molar-refractivity contribution < 1.29 is 9.18 Å². The first kappa shape index (κ1) is 12.0. The number of nitrogens with one attached hydrogen (secondary N) is 1. The Morgan fingerprint density at radius 1 is 1.53 bits per heavy atom. The fourth-order valence-electron chi connectivity index (χ4n) is 2.09. The molecule has 92 valence electrons. The molecule has 1 heterocycles. The topological polar surface area (TPSA) is 32.3 Å². The minimum atomic E-state index is -0.230. The van der Waals surface area contributed by atoms with Gasteiger partial charge in [0, 0.05) is 19.6 Å². The number of aryl methyl sites for hydroxylation is 1. The minimum Gasteiger partial charge on any atom is -0.336 e. The Hall–Kier alpha value is -1.42.